The molecule has 2 atom stereocenters. The van der Waals surface area contributed by atoms with Crippen LogP contribution in [0.3, 0.4) is 0 Å². The molecule has 0 aliphatic carbocycles. The van der Waals surface area contributed by atoms with E-state index in [0.717, 1.165) is 0 Å². The van der Waals surface area contributed by atoms with Crippen LogP contribution in [-0.4, -0.2) is 45.3 Å². The quantitative estimate of drug-likeness (QED) is 0.805. The van der Waals surface area contributed by atoms with Gasteiger partial charge in [-0.25, -0.2) is 4.39 Å². The molecule has 0 radical (unpaired) electrons. The van der Waals surface area contributed by atoms with Crippen LogP contribution in [0.5, 0.6) is 5.75 Å². The monoisotopic (exact) mass is 401 g/mol. The molecule has 1 saturated heterocycles. The Bertz CT molecular complexity index is 1030. The first kappa shape index (κ1) is 19.1. The average Bonchev–Trinajstić information content (AvgIpc) is 2.69. The molecule has 29 heavy (non-hydrogen) atoms. The number of pyridine rings is 1. The molecule has 0 spiro atoms. The summed E-state index contributed by atoms with van der Waals surface area (Å²) in [5, 5.41) is 12.9. The van der Waals surface area contributed by atoms with Crippen molar-refractivity contribution in [3.8, 4) is 5.75 Å². The van der Waals surface area contributed by atoms with Gasteiger partial charge in [0, 0.05) is 19.3 Å². The minimum atomic E-state index is -0.911. The van der Waals surface area contributed by atoms with E-state index >= 15 is 0 Å². The number of halogens is 1. The number of amides is 2. The van der Waals surface area contributed by atoms with Crippen molar-refractivity contribution in [3.63, 3.8) is 0 Å². The van der Waals surface area contributed by atoms with E-state index in [1.54, 1.807) is 0 Å². The van der Waals surface area contributed by atoms with Crippen LogP contribution in [0.15, 0.2) is 35.3 Å². The van der Waals surface area contributed by atoms with Crippen LogP contribution in [0.25, 0.3) is 0 Å². The fraction of sp³-hybridized carbons (Fsp3) is 0.350. The van der Waals surface area contributed by atoms with Crippen molar-refractivity contribution >= 4 is 11.8 Å². The second kappa shape index (κ2) is 7.32. The molecule has 0 bridgehead atoms. The van der Waals surface area contributed by atoms with Gasteiger partial charge in [0.1, 0.15) is 11.4 Å². The molecule has 0 saturated carbocycles. The molecule has 1 fully saturated rings. The lowest BCUT2D eigenvalue weighted by molar-refractivity contribution is -0.127. The van der Waals surface area contributed by atoms with Gasteiger partial charge in [-0.2, -0.15) is 0 Å². The summed E-state index contributed by atoms with van der Waals surface area (Å²) in [6, 6.07) is 5.57. The van der Waals surface area contributed by atoms with E-state index < -0.39 is 35.0 Å². The maximum atomic E-state index is 13.0. The fourth-order valence-corrected chi connectivity index (χ4v) is 3.61. The summed E-state index contributed by atoms with van der Waals surface area (Å²) in [6.07, 6.45) is 1.40. The van der Waals surface area contributed by atoms with E-state index in [1.807, 2.05) is 6.92 Å². The highest BCUT2D eigenvalue weighted by Gasteiger charge is 2.39. The Morgan fingerprint density at radius 2 is 2.03 bits per heavy atom. The Balaban J connectivity index is 1.61. The third-order valence-electron chi connectivity index (χ3n) is 5.20. The summed E-state index contributed by atoms with van der Waals surface area (Å²) in [5.41, 5.74) is -0.679. The number of ether oxygens (including phenoxy) is 1. The summed E-state index contributed by atoms with van der Waals surface area (Å²) < 4.78 is 20.2. The highest BCUT2D eigenvalue weighted by Crippen LogP contribution is 2.28. The van der Waals surface area contributed by atoms with E-state index in [-0.39, 0.29) is 30.5 Å². The Labute approximate surface area is 165 Å². The largest absolute Gasteiger partial charge is 0.503 e. The van der Waals surface area contributed by atoms with Gasteiger partial charge in [0.25, 0.3) is 11.8 Å². The highest BCUT2D eigenvalue weighted by molar-refractivity contribution is 5.99. The zero-order chi connectivity index (χ0) is 20.7. The zero-order valence-electron chi connectivity index (χ0n) is 15.7. The van der Waals surface area contributed by atoms with Crippen molar-refractivity contribution in [3.05, 3.63) is 63.3 Å². The van der Waals surface area contributed by atoms with Crippen LogP contribution in [0.2, 0.25) is 0 Å². The third kappa shape index (κ3) is 3.49. The van der Waals surface area contributed by atoms with Crippen molar-refractivity contribution in [1.82, 2.24) is 14.8 Å². The van der Waals surface area contributed by atoms with Gasteiger partial charge in [-0.05, 0) is 31.0 Å². The number of aromatic nitrogens is 1. The minimum Gasteiger partial charge on any atom is -0.503 e. The predicted octanol–water partition coefficient (Wildman–Crippen LogP) is 1.21. The second-order valence-electron chi connectivity index (χ2n) is 7.22. The molecule has 0 unspecified atom stereocenters. The molecule has 152 valence electrons. The van der Waals surface area contributed by atoms with Crippen LogP contribution < -0.4 is 10.7 Å². The minimum absolute atomic E-state index is 0.0166. The number of nitrogens with one attached hydrogen (secondary N) is 1. The maximum Gasteiger partial charge on any atom is 0.276 e. The molecule has 1 aromatic carbocycles. The second-order valence-corrected chi connectivity index (χ2v) is 7.22. The summed E-state index contributed by atoms with van der Waals surface area (Å²) in [7, 11) is 0. The number of hydrogen-bond acceptors (Lipinski definition) is 5. The molecule has 2 aliphatic rings. The van der Waals surface area contributed by atoms with E-state index in [4.69, 9.17) is 4.74 Å². The van der Waals surface area contributed by atoms with Crippen LogP contribution >= 0.6 is 0 Å². The molecule has 2 N–H and O–H groups in total. The molecular weight excluding hydrogens is 381 g/mol. The average molecular weight is 401 g/mol. The molecule has 2 aliphatic heterocycles. The summed E-state index contributed by atoms with van der Waals surface area (Å²) in [4.78, 5) is 39.3. The predicted molar refractivity (Wildman–Crippen MR) is 99.9 cm³/mol. The van der Waals surface area contributed by atoms with Crippen molar-refractivity contribution in [2.75, 3.05) is 6.54 Å². The van der Waals surface area contributed by atoms with Crippen LogP contribution in [-0.2, 0) is 17.8 Å². The normalized spacial score (nSPS) is 20.8. The third-order valence-corrected chi connectivity index (χ3v) is 5.20. The maximum absolute atomic E-state index is 13.0. The zero-order valence-corrected chi connectivity index (χ0v) is 15.7. The first-order valence-electron chi connectivity index (χ1n) is 9.30. The molecule has 3 heterocycles. The number of benzene rings is 1. The van der Waals surface area contributed by atoms with Gasteiger partial charge in [0.05, 0.1) is 12.6 Å². The van der Waals surface area contributed by atoms with Crippen molar-refractivity contribution in [2.45, 2.75) is 38.8 Å². The fourth-order valence-electron chi connectivity index (χ4n) is 3.61. The van der Waals surface area contributed by atoms with Crippen molar-refractivity contribution < 1.29 is 23.8 Å². The topological polar surface area (TPSA) is 101 Å². The summed E-state index contributed by atoms with van der Waals surface area (Å²) in [6.45, 7) is 2.67. The molecule has 8 nitrogen and oxygen atoms in total. The van der Waals surface area contributed by atoms with Gasteiger partial charge >= 0.3 is 0 Å². The number of rotatable bonds is 3. The Morgan fingerprint density at radius 1 is 1.31 bits per heavy atom. The Morgan fingerprint density at radius 3 is 2.76 bits per heavy atom. The van der Waals surface area contributed by atoms with E-state index in [0.29, 0.717) is 18.5 Å². The number of carbonyl (C=O) groups excluding carboxylic acids is 2. The van der Waals surface area contributed by atoms with Crippen LogP contribution in [0, 0.1) is 5.82 Å². The number of carbonyl (C=O) groups is 2. The van der Waals surface area contributed by atoms with E-state index in [2.05, 4.69) is 5.32 Å². The number of hydrogen-bond donors (Lipinski definition) is 2. The van der Waals surface area contributed by atoms with Crippen LogP contribution in [0.4, 0.5) is 4.39 Å². The lowest BCUT2D eigenvalue weighted by Gasteiger charge is -2.42. The lowest BCUT2D eigenvalue weighted by atomic mass is 10.1. The molecule has 4 rings (SSSR count). The summed E-state index contributed by atoms with van der Waals surface area (Å²) >= 11 is 0. The van der Waals surface area contributed by atoms with Gasteiger partial charge in [-0.3, -0.25) is 14.4 Å². The lowest BCUT2D eigenvalue weighted by Crippen LogP contribution is -2.55. The van der Waals surface area contributed by atoms with E-state index in [1.165, 1.54) is 39.9 Å². The molecule has 9 heteroatoms. The first-order valence-corrected chi connectivity index (χ1v) is 9.30. The number of fused-ring (bicyclic) bond motifs is 2. The Kier molecular flexibility index (Phi) is 4.83. The van der Waals surface area contributed by atoms with Crippen molar-refractivity contribution in [1.29, 1.82) is 0 Å². The van der Waals surface area contributed by atoms with Crippen LogP contribution in [0.1, 0.15) is 39.8 Å². The molecule has 2 amide bonds. The number of nitrogens with zero attached hydrogens (tertiary/aromatic N) is 2. The van der Waals surface area contributed by atoms with Gasteiger partial charge < -0.3 is 24.6 Å². The summed E-state index contributed by atoms with van der Waals surface area (Å²) in [5.74, 6) is -2.34. The molecule has 2 aromatic rings. The Hall–Kier alpha value is -3.20. The number of aromatic hydroxyl groups is 1. The van der Waals surface area contributed by atoms with Gasteiger partial charge in [0.2, 0.25) is 5.43 Å². The van der Waals surface area contributed by atoms with Gasteiger partial charge in [-0.1, -0.05) is 12.1 Å². The molecular formula is C20H20FN3O5. The molecule has 1 aromatic heterocycles. The standard InChI is InChI=1S/C20H20FN3O5/c1-11-6-7-24-15(29-11)10-23-9-14(17(25)18(26)16(23)20(24)28)19(27)22-8-12-2-4-13(21)5-3-12/h2-5,9,11,15,26H,6-8,10H2,1H3,(H,22,27)/t11-,15+/m0/s1. The van der Waals surface area contributed by atoms with Gasteiger partial charge in [0.15, 0.2) is 17.7 Å². The SMILES string of the molecule is C[C@H]1CCN2C(=O)c3c(O)c(=O)c(C(=O)NCc4ccc(F)cc4)cn3C[C@H]2O1. The smallest absolute Gasteiger partial charge is 0.276 e. The van der Waals surface area contributed by atoms with E-state index in [9.17, 15) is 23.9 Å². The van der Waals surface area contributed by atoms with Crippen molar-refractivity contribution in [2.24, 2.45) is 0 Å². The highest BCUT2D eigenvalue weighted by atomic mass is 19.1. The first-order chi connectivity index (χ1) is 13.8. The van der Waals surface area contributed by atoms with Gasteiger partial charge in [-0.15, -0.1) is 0 Å².